The Morgan fingerprint density at radius 1 is 1.10 bits per heavy atom. The summed E-state index contributed by atoms with van der Waals surface area (Å²) < 4.78 is 12.8. The van der Waals surface area contributed by atoms with Crippen molar-refractivity contribution in [2.75, 3.05) is 19.0 Å². The molecule has 2 heterocycles. The van der Waals surface area contributed by atoms with Gasteiger partial charge in [0.05, 0.1) is 29.0 Å². The van der Waals surface area contributed by atoms with E-state index < -0.39 is 6.04 Å². The molecule has 3 aromatic carbocycles. The number of thiazole rings is 1. The molecule has 5 rings (SSSR count). The average molecular weight is 537 g/mol. The van der Waals surface area contributed by atoms with Crippen molar-refractivity contribution in [2.45, 2.75) is 13.0 Å². The van der Waals surface area contributed by atoms with Crippen LogP contribution in [-0.2, 0) is 4.79 Å². The fourth-order valence-electron chi connectivity index (χ4n) is 4.39. The highest BCUT2D eigenvalue weighted by atomic mass is 32.1. The Kier molecular flexibility index (Phi) is 7.39. The maximum atomic E-state index is 13.8. The zero-order chi connectivity index (χ0) is 27.4. The lowest BCUT2D eigenvalue weighted by molar-refractivity contribution is -0.113. The highest BCUT2D eigenvalue weighted by Crippen LogP contribution is 2.32. The predicted octanol–water partition coefficient (Wildman–Crippen LogP) is 3.78. The molecule has 1 aliphatic heterocycles. The standard InChI is InChI=1S/C30H24N4O4S/c1-19-26(28(35)33-22-8-4-3-5-9-22)27(21-7-6-10-24(18-21)37-2)34-29(36)25(39-30(34)32-19)17-20-11-13-23(14-12-20)38-16-15-31/h3-14,17-18,27H,16H2,1-2H3,(H,33,35)/b25-17-/t27-/m1/s1. The van der Waals surface area contributed by atoms with Crippen LogP contribution in [-0.4, -0.2) is 24.2 Å². The molecule has 1 aliphatic rings. The normalized spacial score (nSPS) is 14.7. The first-order valence-corrected chi connectivity index (χ1v) is 12.9. The number of ether oxygens (including phenoxy) is 2. The van der Waals surface area contributed by atoms with Crippen molar-refractivity contribution in [1.82, 2.24) is 4.57 Å². The topological polar surface area (TPSA) is 106 Å². The Labute approximate surface area is 228 Å². The minimum Gasteiger partial charge on any atom is -0.497 e. The van der Waals surface area contributed by atoms with E-state index in [-0.39, 0.29) is 18.1 Å². The number of hydrogen-bond acceptors (Lipinski definition) is 7. The molecule has 1 amide bonds. The number of carbonyl (C=O) groups is 1. The first kappa shape index (κ1) is 25.7. The van der Waals surface area contributed by atoms with E-state index in [4.69, 9.17) is 14.7 Å². The second-order valence-corrected chi connectivity index (χ2v) is 9.70. The smallest absolute Gasteiger partial charge is 0.271 e. The molecule has 1 aromatic heterocycles. The van der Waals surface area contributed by atoms with Crippen LogP contribution in [0.15, 0.2) is 99.9 Å². The summed E-state index contributed by atoms with van der Waals surface area (Å²) in [5, 5.41) is 11.7. The summed E-state index contributed by atoms with van der Waals surface area (Å²) in [4.78, 5) is 32.6. The Hall–Kier alpha value is -4.94. The molecule has 0 fully saturated rings. The van der Waals surface area contributed by atoms with Gasteiger partial charge in [0, 0.05) is 5.69 Å². The van der Waals surface area contributed by atoms with Gasteiger partial charge in [-0.25, -0.2) is 4.99 Å². The van der Waals surface area contributed by atoms with Crippen LogP contribution in [0.5, 0.6) is 11.5 Å². The number of para-hydroxylation sites is 1. The monoisotopic (exact) mass is 536 g/mol. The molecule has 0 radical (unpaired) electrons. The number of nitrogens with one attached hydrogen (secondary N) is 1. The molecule has 8 nitrogen and oxygen atoms in total. The van der Waals surface area contributed by atoms with Gasteiger partial charge in [0.15, 0.2) is 11.4 Å². The number of methoxy groups -OCH3 is 1. The third kappa shape index (κ3) is 5.37. The number of amides is 1. The zero-order valence-electron chi connectivity index (χ0n) is 21.3. The van der Waals surface area contributed by atoms with Crippen LogP contribution in [0.25, 0.3) is 6.08 Å². The summed E-state index contributed by atoms with van der Waals surface area (Å²) in [6.45, 7) is 1.74. The van der Waals surface area contributed by atoms with Gasteiger partial charge in [-0.3, -0.25) is 14.2 Å². The minimum atomic E-state index is -0.705. The molecule has 39 heavy (non-hydrogen) atoms. The first-order valence-electron chi connectivity index (χ1n) is 12.1. The van der Waals surface area contributed by atoms with Crippen LogP contribution in [0, 0.1) is 11.3 Å². The fraction of sp³-hybridized carbons (Fsp3) is 0.133. The summed E-state index contributed by atoms with van der Waals surface area (Å²) in [6, 6.07) is 24.9. The van der Waals surface area contributed by atoms with Gasteiger partial charge in [-0.15, -0.1) is 0 Å². The van der Waals surface area contributed by atoms with Crippen molar-refractivity contribution in [2.24, 2.45) is 4.99 Å². The molecule has 4 aromatic rings. The molecule has 0 saturated carbocycles. The molecular formula is C30H24N4O4S. The predicted molar refractivity (Wildman–Crippen MR) is 149 cm³/mol. The van der Waals surface area contributed by atoms with Crippen LogP contribution in [0.2, 0.25) is 0 Å². The number of allylic oxidation sites excluding steroid dienone is 1. The Morgan fingerprint density at radius 3 is 2.59 bits per heavy atom. The highest BCUT2D eigenvalue weighted by Gasteiger charge is 2.32. The van der Waals surface area contributed by atoms with Crippen molar-refractivity contribution in [3.8, 4) is 17.6 Å². The molecule has 0 unspecified atom stereocenters. The van der Waals surface area contributed by atoms with Crippen molar-refractivity contribution >= 4 is 29.0 Å². The number of aromatic nitrogens is 1. The third-order valence-electron chi connectivity index (χ3n) is 6.19. The van der Waals surface area contributed by atoms with E-state index in [0.717, 1.165) is 11.1 Å². The van der Waals surface area contributed by atoms with Gasteiger partial charge in [-0.1, -0.05) is 53.8 Å². The molecule has 0 aliphatic carbocycles. The second-order valence-electron chi connectivity index (χ2n) is 8.69. The Morgan fingerprint density at radius 2 is 1.87 bits per heavy atom. The lowest BCUT2D eigenvalue weighted by Crippen LogP contribution is -2.40. The number of anilines is 1. The summed E-state index contributed by atoms with van der Waals surface area (Å²) in [6.07, 6.45) is 1.78. The SMILES string of the molecule is COc1cccc([C@@H]2C(C(=O)Nc3ccccc3)=C(C)N=c3s/c(=C\c4ccc(OCC#N)cc4)c(=O)n32)c1. The first-order chi connectivity index (χ1) is 19.0. The number of carbonyl (C=O) groups excluding carboxylic acids is 1. The van der Waals surface area contributed by atoms with Gasteiger partial charge in [-0.2, -0.15) is 5.26 Å². The Balaban J connectivity index is 1.62. The van der Waals surface area contributed by atoms with Crippen LogP contribution in [0.3, 0.4) is 0 Å². The molecule has 1 atom stereocenters. The number of fused-ring (bicyclic) bond motifs is 1. The summed E-state index contributed by atoms with van der Waals surface area (Å²) in [5.74, 6) is 0.848. The van der Waals surface area contributed by atoms with E-state index in [1.807, 2.05) is 60.7 Å². The van der Waals surface area contributed by atoms with Crippen molar-refractivity contribution in [1.29, 1.82) is 5.26 Å². The molecular weight excluding hydrogens is 512 g/mol. The third-order valence-corrected chi connectivity index (χ3v) is 7.17. The van der Waals surface area contributed by atoms with Crippen molar-refractivity contribution < 1.29 is 14.3 Å². The van der Waals surface area contributed by atoms with Crippen LogP contribution < -0.4 is 29.7 Å². The van der Waals surface area contributed by atoms with Crippen molar-refractivity contribution in [3.05, 3.63) is 121 Å². The quantitative estimate of drug-likeness (QED) is 0.387. The fourth-order valence-corrected chi connectivity index (χ4v) is 5.43. The average Bonchev–Trinajstić information content (AvgIpc) is 3.26. The minimum absolute atomic E-state index is 0.0399. The van der Waals surface area contributed by atoms with Gasteiger partial charge in [0.25, 0.3) is 11.5 Å². The molecule has 0 saturated heterocycles. The van der Waals surface area contributed by atoms with E-state index in [0.29, 0.717) is 37.8 Å². The van der Waals surface area contributed by atoms with E-state index in [1.54, 1.807) is 48.9 Å². The van der Waals surface area contributed by atoms with Gasteiger partial charge in [-0.05, 0) is 60.5 Å². The van der Waals surface area contributed by atoms with E-state index in [9.17, 15) is 9.59 Å². The number of nitrogens with zero attached hydrogens (tertiary/aromatic N) is 3. The van der Waals surface area contributed by atoms with Gasteiger partial charge in [0.2, 0.25) is 0 Å². The van der Waals surface area contributed by atoms with Crippen LogP contribution in [0.1, 0.15) is 24.1 Å². The molecule has 0 bridgehead atoms. The van der Waals surface area contributed by atoms with E-state index in [1.165, 1.54) is 11.3 Å². The number of hydrogen-bond donors (Lipinski definition) is 1. The van der Waals surface area contributed by atoms with Crippen LogP contribution in [0.4, 0.5) is 5.69 Å². The zero-order valence-corrected chi connectivity index (χ0v) is 22.1. The number of rotatable bonds is 7. The Bertz CT molecular complexity index is 1780. The second kappa shape index (κ2) is 11.2. The summed E-state index contributed by atoms with van der Waals surface area (Å²) >= 11 is 1.26. The van der Waals surface area contributed by atoms with E-state index in [2.05, 4.69) is 10.3 Å². The maximum absolute atomic E-state index is 13.8. The number of nitriles is 1. The lowest BCUT2D eigenvalue weighted by atomic mass is 9.95. The van der Waals surface area contributed by atoms with Crippen molar-refractivity contribution in [3.63, 3.8) is 0 Å². The van der Waals surface area contributed by atoms with Gasteiger partial charge < -0.3 is 14.8 Å². The largest absolute Gasteiger partial charge is 0.497 e. The molecule has 9 heteroatoms. The number of benzene rings is 3. The van der Waals surface area contributed by atoms with Gasteiger partial charge in [0.1, 0.15) is 17.6 Å². The maximum Gasteiger partial charge on any atom is 0.271 e. The molecule has 0 spiro atoms. The molecule has 1 N–H and O–H groups in total. The highest BCUT2D eigenvalue weighted by molar-refractivity contribution is 7.07. The summed E-state index contributed by atoms with van der Waals surface area (Å²) in [5.41, 5.74) is 2.82. The van der Waals surface area contributed by atoms with E-state index >= 15 is 0 Å². The van der Waals surface area contributed by atoms with Crippen LogP contribution >= 0.6 is 11.3 Å². The van der Waals surface area contributed by atoms with Gasteiger partial charge >= 0.3 is 0 Å². The summed E-state index contributed by atoms with van der Waals surface area (Å²) in [7, 11) is 1.57. The molecule has 194 valence electrons. The lowest BCUT2D eigenvalue weighted by Gasteiger charge is -2.25.